The number of alkyl halides is 3. The lowest BCUT2D eigenvalue weighted by Crippen LogP contribution is -2.69. The fraction of sp³-hybridized carbons (Fsp3) is 0.556. The Hall–Kier alpha value is -3.57. The molecule has 2 amide bonds. The van der Waals surface area contributed by atoms with Crippen molar-refractivity contribution in [3.63, 3.8) is 0 Å². The maximum atomic E-state index is 13.8. The number of ether oxygens (including phenoxy) is 4. The van der Waals surface area contributed by atoms with Crippen LogP contribution in [0, 0.1) is 5.41 Å². The molecular weight excluding hydrogens is 583 g/mol. The van der Waals surface area contributed by atoms with Gasteiger partial charge in [-0.25, -0.2) is 4.79 Å². The zero-order valence-electron chi connectivity index (χ0n) is 22.7. The number of rotatable bonds is 11. The van der Waals surface area contributed by atoms with Crippen LogP contribution in [0.25, 0.3) is 6.08 Å². The van der Waals surface area contributed by atoms with Crippen molar-refractivity contribution in [1.29, 1.82) is 0 Å². The second-order valence-corrected chi connectivity index (χ2v) is 10.5. The molecule has 1 aromatic rings. The zero-order valence-corrected chi connectivity index (χ0v) is 22.7. The molecule has 3 heterocycles. The number of fused-ring (bicyclic) bond motifs is 4. The summed E-state index contributed by atoms with van der Waals surface area (Å²) in [6, 6.07) is 5.42. The van der Waals surface area contributed by atoms with E-state index >= 15 is 0 Å². The molecule has 3 saturated heterocycles. The van der Waals surface area contributed by atoms with Gasteiger partial charge >= 0.3 is 18.1 Å². The van der Waals surface area contributed by atoms with Crippen LogP contribution >= 0.6 is 0 Å². The molecule has 1 aromatic carbocycles. The largest absolute Gasteiger partial charge is 0.458 e. The molecule has 234 valence electrons. The van der Waals surface area contributed by atoms with Crippen molar-refractivity contribution < 1.29 is 61.2 Å². The Morgan fingerprint density at radius 3 is 2.72 bits per heavy atom. The first kappa shape index (κ1) is 30.9. The third kappa shape index (κ3) is 6.52. The summed E-state index contributed by atoms with van der Waals surface area (Å²) in [6.07, 6.45) is -5.46. The van der Waals surface area contributed by atoms with Gasteiger partial charge in [-0.2, -0.15) is 18.2 Å². The minimum atomic E-state index is -4.64. The minimum Gasteiger partial charge on any atom is -0.458 e. The molecule has 43 heavy (non-hydrogen) atoms. The third-order valence-electron chi connectivity index (χ3n) is 7.65. The molecule has 4 fully saturated rings. The number of hydrogen-bond acceptors (Lipinski definition) is 11. The summed E-state index contributed by atoms with van der Waals surface area (Å²) in [7, 11) is 0. The maximum absolute atomic E-state index is 13.8. The molecule has 3 N–H and O–H groups in total. The second kappa shape index (κ2) is 12.6. The molecule has 5 rings (SSSR count). The van der Waals surface area contributed by atoms with E-state index < -0.39 is 66.5 Å². The molecule has 13 nitrogen and oxygen atoms in total. The van der Waals surface area contributed by atoms with Gasteiger partial charge in [0.25, 0.3) is 0 Å². The summed E-state index contributed by atoms with van der Waals surface area (Å²) in [5.74, 6) is -2.73. The van der Waals surface area contributed by atoms with Crippen LogP contribution in [0.4, 0.5) is 13.2 Å². The molecule has 1 aliphatic carbocycles. The lowest BCUT2D eigenvalue weighted by Gasteiger charge is -2.48. The second-order valence-electron chi connectivity index (χ2n) is 10.5. The zero-order chi connectivity index (χ0) is 30.8. The normalized spacial score (nSPS) is 29.7. The number of halogens is 3. The number of aliphatic hydroxyl groups is 1. The molecule has 1 saturated carbocycles. The smallest absolute Gasteiger partial charge is 0.422 e. The Balaban J connectivity index is 1.33. The Morgan fingerprint density at radius 2 is 1.95 bits per heavy atom. The SMILES string of the molecule is O=C(CCNC(=O)C12CC3OC(=O)C1N(Cc1cccc(C=CC(=O)OCC(F)(F)F)c1)OC2C1OCOC31)NCCO. The minimum absolute atomic E-state index is 0.00201. The Labute approximate surface area is 243 Å². The van der Waals surface area contributed by atoms with Crippen LogP contribution in [0.1, 0.15) is 24.0 Å². The number of amides is 2. The predicted molar refractivity (Wildman–Crippen MR) is 136 cm³/mol. The van der Waals surface area contributed by atoms with Gasteiger partial charge in [0.05, 0.1) is 13.2 Å². The summed E-state index contributed by atoms with van der Waals surface area (Å²) >= 11 is 0. The number of carbonyl (C=O) groups excluding carboxylic acids is 4. The van der Waals surface area contributed by atoms with E-state index in [0.29, 0.717) is 11.1 Å². The van der Waals surface area contributed by atoms with Crippen molar-refractivity contribution >= 4 is 29.8 Å². The van der Waals surface area contributed by atoms with Gasteiger partial charge in [-0.3, -0.25) is 19.2 Å². The maximum Gasteiger partial charge on any atom is 0.422 e. The van der Waals surface area contributed by atoms with Gasteiger partial charge in [0.2, 0.25) is 11.8 Å². The van der Waals surface area contributed by atoms with Gasteiger partial charge < -0.3 is 34.7 Å². The molecule has 6 atom stereocenters. The number of hydrogen-bond donors (Lipinski definition) is 3. The number of benzene rings is 1. The molecule has 0 aromatic heterocycles. The van der Waals surface area contributed by atoms with Crippen LogP contribution in [-0.2, 0) is 49.5 Å². The number of aliphatic hydroxyl groups excluding tert-OH is 1. The van der Waals surface area contributed by atoms with Crippen molar-refractivity contribution in [2.45, 2.75) is 56.0 Å². The van der Waals surface area contributed by atoms with Gasteiger partial charge in [0.1, 0.15) is 36.6 Å². The summed E-state index contributed by atoms with van der Waals surface area (Å²) < 4.78 is 58.2. The number of nitrogens with zero attached hydrogens (tertiary/aromatic N) is 1. The molecule has 6 unspecified atom stereocenters. The predicted octanol–water partition coefficient (Wildman–Crippen LogP) is -0.0385. The van der Waals surface area contributed by atoms with Crippen LogP contribution in [-0.4, -0.2) is 104 Å². The van der Waals surface area contributed by atoms with Gasteiger partial charge in [-0.05, 0) is 17.2 Å². The van der Waals surface area contributed by atoms with Crippen molar-refractivity contribution in [3.8, 4) is 0 Å². The van der Waals surface area contributed by atoms with E-state index in [1.54, 1.807) is 24.3 Å². The standard InChI is InChI=1S/C27H30F3N3O10/c28-27(29,30)13-39-19(36)5-4-15-2-1-3-16(10-15)12-33-22-24(37)42-17-11-26(22,23(43-33)21-20(17)40-14-41-21)25(38)32-7-6-18(35)31-8-9-34/h1-5,10,17,20-23,34H,6-9,11-14H2,(H,31,35)(H,32,38). The lowest BCUT2D eigenvalue weighted by atomic mass is 9.62. The molecular formula is C27H30F3N3O10. The first-order chi connectivity index (χ1) is 20.5. The quantitative estimate of drug-likeness (QED) is 0.227. The fourth-order valence-corrected chi connectivity index (χ4v) is 5.91. The van der Waals surface area contributed by atoms with E-state index in [-0.39, 0.29) is 51.8 Å². The van der Waals surface area contributed by atoms with Crippen LogP contribution in [0.5, 0.6) is 0 Å². The highest BCUT2D eigenvalue weighted by Gasteiger charge is 2.74. The molecule has 2 bridgehead atoms. The van der Waals surface area contributed by atoms with E-state index in [0.717, 1.165) is 6.08 Å². The van der Waals surface area contributed by atoms with E-state index in [1.165, 1.54) is 11.1 Å². The third-order valence-corrected chi connectivity index (χ3v) is 7.65. The fourth-order valence-electron chi connectivity index (χ4n) is 5.91. The number of hydroxylamine groups is 2. The van der Waals surface area contributed by atoms with Crippen LogP contribution < -0.4 is 10.6 Å². The topological polar surface area (TPSA) is 162 Å². The lowest BCUT2D eigenvalue weighted by molar-refractivity contribution is -0.201. The van der Waals surface area contributed by atoms with Gasteiger partial charge in [0, 0.05) is 32.0 Å². The molecule has 3 aliphatic heterocycles. The number of nitrogens with one attached hydrogen (secondary N) is 2. The monoisotopic (exact) mass is 613 g/mol. The van der Waals surface area contributed by atoms with Gasteiger partial charge in [-0.15, -0.1) is 0 Å². The van der Waals surface area contributed by atoms with Crippen molar-refractivity contribution in [1.82, 2.24) is 15.7 Å². The first-order valence-electron chi connectivity index (χ1n) is 13.6. The molecule has 16 heteroatoms. The Bertz CT molecular complexity index is 1280. The average Bonchev–Trinajstić information content (AvgIpc) is 3.58. The average molecular weight is 614 g/mol. The van der Waals surface area contributed by atoms with E-state index in [4.69, 9.17) is 24.2 Å². The summed E-state index contributed by atoms with van der Waals surface area (Å²) in [4.78, 5) is 57.1. The molecule has 0 radical (unpaired) electrons. The van der Waals surface area contributed by atoms with E-state index in [1.807, 2.05) is 0 Å². The van der Waals surface area contributed by atoms with Crippen LogP contribution in [0.3, 0.4) is 0 Å². The Kier molecular flexibility index (Phi) is 9.03. The highest BCUT2D eigenvalue weighted by molar-refractivity contribution is 5.94. The van der Waals surface area contributed by atoms with E-state index in [2.05, 4.69) is 15.4 Å². The van der Waals surface area contributed by atoms with E-state index in [9.17, 15) is 32.3 Å². The number of esters is 2. The van der Waals surface area contributed by atoms with Crippen molar-refractivity contribution in [2.24, 2.45) is 5.41 Å². The highest BCUT2D eigenvalue weighted by Crippen LogP contribution is 2.55. The van der Waals surface area contributed by atoms with Crippen LogP contribution in [0.2, 0.25) is 0 Å². The molecule has 4 aliphatic rings. The summed E-state index contributed by atoms with van der Waals surface area (Å²) in [5, 5.41) is 15.5. The number of carbonyl (C=O) groups is 4. The summed E-state index contributed by atoms with van der Waals surface area (Å²) in [5.41, 5.74) is -0.365. The Morgan fingerprint density at radius 1 is 1.16 bits per heavy atom. The highest BCUT2D eigenvalue weighted by atomic mass is 19.4. The van der Waals surface area contributed by atoms with Crippen LogP contribution in [0.15, 0.2) is 30.3 Å². The first-order valence-corrected chi connectivity index (χ1v) is 13.6. The summed E-state index contributed by atoms with van der Waals surface area (Å²) in [6.45, 7) is -1.95. The van der Waals surface area contributed by atoms with Gasteiger partial charge in [-0.1, -0.05) is 24.3 Å². The molecule has 0 spiro atoms. The van der Waals surface area contributed by atoms with Crippen molar-refractivity contribution in [2.75, 3.05) is 33.1 Å². The van der Waals surface area contributed by atoms with Gasteiger partial charge in [0.15, 0.2) is 12.6 Å². The van der Waals surface area contributed by atoms with Crippen molar-refractivity contribution in [3.05, 3.63) is 41.5 Å².